The molecule has 0 saturated heterocycles. The van der Waals surface area contributed by atoms with Crippen molar-refractivity contribution in [2.45, 2.75) is 98.8 Å². The van der Waals surface area contributed by atoms with Crippen molar-refractivity contribution in [3.63, 3.8) is 0 Å². The second-order valence-corrected chi connectivity index (χ2v) is 12.3. The largest absolute Gasteiger partial charge is 0.493 e. The number of aryl methyl sites for hydroxylation is 2. The first-order chi connectivity index (χ1) is 22.8. The maximum Gasteiger partial charge on any atom is 0.225 e. The standard InChI is InChI=1S/C41H62N2O4/c1-6-7-8-9-10-11-12-13-14-15-16-17-18-19-20-21-22-23-24-26-39(44)42-30-33-46-34-31-43-40(45)41(4,5)29-25-32-47-38-35-36(2)27-28-37(38)3/h7-8,10-11,13-14,16-17,19-20,22-23,27-28,35H,6,9,12,15,18,21,24-26,29-34H2,1-5H3,(H,42,44)(H,43,45)/b8-7-,11-10-,14-13-,17-16-,20-19-,23-22-. The van der Waals surface area contributed by atoms with Gasteiger partial charge in [0.15, 0.2) is 0 Å². The van der Waals surface area contributed by atoms with Crippen LogP contribution in [0.1, 0.15) is 96.1 Å². The average molecular weight is 647 g/mol. The van der Waals surface area contributed by atoms with E-state index in [0.717, 1.165) is 69.1 Å². The van der Waals surface area contributed by atoms with Crippen LogP contribution in [0.4, 0.5) is 0 Å². The number of rotatable bonds is 26. The number of carbonyl (C=O) groups excluding carboxylic acids is 2. The van der Waals surface area contributed by atoms with Gasteiger partial charge >= 0.3 is 0 Å². The molecule has 2 N–H and O–H groups in total. The van der Waals surface area contributed by atoms with E-state index in [1.165, 1.54) is 5.56 Å². The summed E-state index contributed by atoms with van der Waals surface area (Å²) in [4.78, 5) is 24.7. The molecule has 1 aromatic rings. The first-order valence-corrected chi connectivity index (χ1v) is 17.5. The Morgan fingerprint density at radius 1 is 0.723 bits per heavy atom. The highest BCUT2D eigenvalue weighted by Gasteiger charge is 2.26. The van der Waals surface area contributed by atoms with Crippen molar-refractivity contribution in [3.8, 4) is 5.75 Å². The molecule has 0 aromatic heterocycles. The lowest BCUT2D eigenvalue weighted by Crippen LogP contribution is -2.39. The summed E-state index contributed by atoms with van der Waals surface area (Å²) < 4.78 is 11.5. The number of amides is 2. The Morgan fingerprint density at radius 2 is 1.26 bits per heavy atom. The quantitative estimate of drug-likeness (QED) is 0.0777. The van der Waals surface area contributed by atoms with E-state index in [9.17, 15) is 9.59 Å². The van der Waals surface area contributed by atoms with E-state index in [1.807, 2.05) is 26.8 Å². The maximum absolute atomic E-state index is 12.6. The normalized spacial score (nSPS) is 12.5. The second kappa shape index (κ2) is 27.5. The van der Waals surface area contributed by atoms with Crippen molar-refractivity contribution in [3.05, 3.63) is 102 Å². The summed E-state index contributed by atoms with van der Waals surface area (Å²) >= 11 is 0. The van der Waals surface area contributed by atoms with Crippen molar-refractivity contribution in [1.29, 1.82) is 0 Å². The molecule has 2 amide bonds. The summed E-state index contributed by atoms with van der Waals surface area (Å²) in [5, 5.41) is 5.84. The van der Waals surface area contributed by atoms with Gasteiger partial charge in [-0.3, -0.25) is 9.59 Å². The fourth-order valence-corrected chi connectivity index (χ4v) is 4.46. The molecule has 0 aliphatic rings. The van der Waals surface area contributed by atoms with Crippen LogP contribution in [0.5, 0.6) is 5.75 Å². The van der Waals surface area contributed by atoms with Crippen LogP contribution in [0.3, 0.4) is 0 Å². The monoisotopic (exact) mass is 646 g/mol. The van der Waals surface area contributed by atoms with Gasteiger partial charge in [0.2, 0.25) is 11.8 Å². The summed E-state index contributed by atoms with van der Waals surface area (Å²) in [5.74, 6) is 0.936. The molecule has 0 aliphatic heterocycles. The van der Waals surface area contributed by atoms with Gasteiger partial charge < -0.3 is 20.1 Å². The number of nitrogens with one attached hydrogen (secondary N) is 2. The molecule has 0 atom stereocenters. The number of allylic oxidation sites excluding steroid dienone is 12. The van der Waals surface area contributed by atoms with E-state index < -0.39 is 5.41 Å². The molecule has 0 heterocycles. The van der Waals surface area contributed by atoms with Gasteiger partial charge in [0.25, 0.3) is 0 Å². The molecular weight excluding hydrogens is 584 g/mol. The van der Waals surface area contributed by atoms with Crippen molar-refractivity contribution in [2.24, 2.45) is 5.41 Å². The third kappa shape index (κ3) is 23.4. The summed E-state index contributed by atoms with van der Waals surface area (Å²) in [6.07, 6.45) is 34.7. The SMILES string of the molecule is CC/C=C\C/C=C\C/C=C\C/C=C\C/C=C\C/C=C\CCC(=O)NCCOCCNC(=O)C(C)(C)CCCOc1cc(C)ccc1C. The number of carbonyl (C=O) groups is 2. The molecule has 0 radical (unpaired) electrons. The number of benzene rings is 1. The summed E-state index contributed by atoms with van der Waals surface area (Å²) in [7, 11) is 0. The Hall–Kier alpha value is -3.64. The molecule has 1 aromatic carbocycles. The van der Waals surface area contributed by atoms with E-state index in [0.29, 0.717) is 39.3 Å². The Bertz CT molecular complexity index is 1170. The van der Waals surface area contributed by atoms with Crippen molar-refractivity contribution in [1.82, 2.24) is 10.6 Å². The minimum atomic E-state index is -0.484. The lowest BCUT2D eigenvalue weighted by Gasteiger charge is -2.23. The van der Waals surface area contributed by atoms with Gasteiger partial charge in [-0.15, -0.1) is 0 Å². The molecule has 0 spiro atoms. The van der Waals surface area contributed by atoms with E-state index in [-0.39, 0.29) is 11.8 Å². The highest BCUT2D eigenvalue weighted by Crippen LogP contribution is 2.24. The summed E-state index contributed by atoms with van der Waals surface area (Å²) in [6.45, 7) is 12.5. The summed E-state index contributed by atoms with van der Waals surface area (Å²) in [5.41, 5.74) is 1.81. The predicted octanol–water partition coefficient (Wildman–Crippen LogP) is 9.22. The zero-order chi connectivity index (χ0) is 34.4. The van der Waals surface area contributed by atoms with Gasteiger partial charge in [-0.2, -0.15) is 0 Å². The highest BCUT2D eigenvalue weighted by atomic mass is 16.5. The first kappa shape index (κ1) is 41.4. The predicted molar refractivity (Wildman–Crippen MR) is 199 cm³/mol. The maximum atomic E-state index is 12.6. The van der Waals surface area contributed by atoms with Crippen molar-refractivity contribution >= 4 is 11.8 Å². The average Bonchev–Trinajstić information content (AvgIpc) is 3.05. The highest BCUT2D eigenvalue weighted by molar-refractivity contribution is 5.81. The third-order valence-corrected chi connectivity index (χ3v) is 7.40. The molecule has 0 fully saturated rings. The fraction of sp³-hybridized carbons (Fsp3) is 0.512. The Labute approximate surface area is 286 Å². The minimum absolute atomic E-state index is 0.00976. The van der Waals surface area contributed by atoms with E-state index >= 15 is 0 Å². The van der Waals surface area contributed by atoms with Crippen LogP contribution in [-0.4, -0.2) is 44.7 Å². The lowest BCUT2D eigenvalue weighted by molar-refractivity contribution is -0.130. The number of hydrogen-bond acceptors (Lipinski definition) is 4. The zero-order valence-corrected chi connectivity index (χ0v) is 29.9. The third-order valence-electron chi connectivity index (χ3n) is 7.40. The van der Waals surface area contributed by atoms with Crippen LogP contribution in [0.2, 0.25) is 0 Å². The lowest BCUT2D eigenvalue weighted by atomic mass is 9.87. The van der Waals surface area contributed by atoms with Gasteiger partial charge in [-0.05, 0) is 88.8 Å². The molecule has 6 heteroatoms. The van der Waals surface area contributed by atoms with Gasteiger partial charge in [0, 0.05) is 24.9 Å². The zero-order valence-electron chi connectivity index (χ0n) is 29.9. The molecule has 0 bridgehead atoms. The second-order valence-electron chi connectivity index (χ2n) is 12.3. The van der Waals surface area contributed by atoms with Gasteiger partial charge in [0.05, 0.1) is 19.8 Å². The van der Waals surface area contributed by atoms with Gasteiger partial charge in [0.1, 0.15) is 5.75 Å². The number of ether oxygens (including phenoxy) is 2. The van der Waals surface area contributed by atoms with Crippen LogP contribution in [-0.2, 0) is 14.3 Å². The van der Waals surface area contributed by atoms with Crippen LogP contribution in [0.15, 0.2) is 91.1 Å². The first-order valence-electron chi connectivity index (χ1n) is 17.5. The molecule has 0 saturated carbocycles. The van der Waals surface area contributed by atoms with E-state index in [1.54, 1.807) is 0 Å². The van der Waals surface area contributed by atoms with Crippen LogP contribution in [0, 0.1) is 19.3 Å². The molecule has 6 nitrogen and oxygen atoms in total. The van der Waals surface area contributed by atoms with E-state index in [4.69, 9.17) is 9.47 Å². The fourth-order valence-electron chi connectivity index (χ4n) is 4.46. The van der Waals surface area contributed by atoms with Crippen LogP contribution < -0.4 is 15.4 Å². The molecule has 1 rings (SSSR count). The Balaban J connectivity index is 1.99. The molecule has 260 valence electrons. The van der Waals surface area contributed by atoms with Crippen molar-refractivity contribution in [2.75, 3.05) is 32.9 Å². The van der Waals surface area contributed by atoms with Gasteiger partial charge in [-0.1, -0.05) is 106 Å². The Morgan fingerprint density at radius 3 is 1.83 bits per heavy atom. The smallest absolute Gasteiger partial charge is 0.225 e. The van der Waals surface area contributed by atoms with E-state index in [2.05, 4.69) is 110 Å². The topological polar surface area (TPSA) is 76.7 Å². The summed E-state index contributed by atoms with van der Waals surface area (Å²) in [6, 6.07) is 6.19. The van der Waals surface area contributed by atoms with Crippen LogP contribution >= 0.6 is 0 Å². The molecule has 47 heavy (non-hydrogen) atoms. The Kier molecular flexibility index (Phi) is 24.2. The van der Waals surface area contributed by atoms with Crippen molar-refractivity contribution < 1.29 is 19.1 Å². The molecule has 0 aliphatic carbocycles. The van der Waals surface area contributed by atoms with Crippen LogP contribution in [0.25, 0.3) is 0 Å². The minimum Gasteiger partial charge on any atom is -0.493 e. The van der Waals surface area contributed by atoms with Gasteiger partial charge in [-0.25, -0.2) is 0 Å². The molecule has 0 unspecified atom stereocenters. The number of hydrogen-bond donors (Lipinski definition) is 2. The molecular formula is C41H62N2O4.